The summed E-state index contributed by atoms with van der Waals surface area (Å²) in [5.74, 6) is -1.05. The summed E-state index contributed by atoms with van der Waals surface area (Å²) in [6.45, 7) is -0.361. The third-order valence-corrected chi connectivity index (χ3v) is 4.80. The van der Waals surface area contributed by atoms with Gasteiger partial charge in [0.2, 0.25) is 10.0 Å². The lowest BCUT2D eigenvalue weighted by Crippen LogP contribution is -2.25. The molecule has 0 fully saturated rings. The monoisotopic (exact) mass is 388 g/mol. The predicted octanol–water partition coefficient (Wildman–Crippen LogP) is 2.51. The third kappa shape index (κ3) is 3.99. The van der Waals surface area contributed by atoms with Gasteiger partial charge in [0.25, 0.3) is 0 Å². The van der Waals surface area contributed by atoms with Crippen LogP contribution in [0.3, 0.4) is 0 Å². The first-order valence-electron chi connectivity index (χ1n) is 7.27. The van der Waals surface area contributed by atoms with E-state index in [0.717, 1.165) is 16.5 Å². The first kappa shape index (κ1) is 18.3. The zero-order valence-corrected chi connectivity index (χ0v) is 13.9. The molecule has 2 heterocycles. The standard InChI is InChI=1S/C15H12F4N4O2S/c16-11-4-1-3-10(7-11)9-26(24,25)20-8-13-21-22-14-12(15(17,18)19)5-2-6-23(13)14/h1-7,20H,8-9H2. The second-order valence-corrected chi connectivity index (χ2v) is 7.25. The van der Waals surface area contributed by atoms with Crippen LogP contribution in [0.25, 0.3) is 5.65 Å². The van der Waals surface area contributed by atoms with Gasteiger partial charge in [0, 0.05) is 6.20 Å². The fourth-order valence-corrected chi connectivity index (χ4v) is 3.45. The summed E-state index contributed by atoms with van der Waals surface area (Å²) in [7, 11) is -3.85. The van der Waals surface area contributed by atoms with Crippen LogP contribution in [0.4, 0.5) is 17.6 Å². The number of nitrogens with zero attached hydrogens (tertiary/aromatic N) is 3. The number of hydrogen-bond acceptors (Lipinski definition) is 4. The van der Waals surface area contributed by atoms with Gasteiger partial charge in [-0.05, 0) is 29.8 Å². The number of nitrogens with one attached hydrogen (secondary N) is 1. The van der Waals surface area contributed by atoms with Gasteiger partial charge in [-0.1, -0.05) is 12.1 Å². The molecule has 0 aliphatic rings. The Balaban J connectivity index is 1.79. The molecule has 0 spiro atoms. The Kier molecular flexibility index (Phi) is 4.67. The molecular weight excluding hydrogens is 376 g/mol. The van der Waals surface area contributed by atoms with E-state index in [1.54, 1.807) is 0 Å². The Labute approximate surface area is 145 Å². The number of hydrogen-bond donors (Lipinski definition) is 1. The zero-order chi connectivity index (χ0) is 18.9. The highest BCUT2D eigenvalue weighted by Gasteiger charge is 2.34. The molecular formula is C15H12F4N4O2S. The molecule has 0 aliphatic heterocycles. The lowest BCUT2D eigenvalue weighted by atomic mass is 10.2. The van der Waals surface area contributed by atoms with Crippen molar-refractivity contribution in [2.24, 2.45) is 0 Å². The smallest absolute Gasteiger partial charge is 0.285 e. The number of pyridine rings is 1. The number of sulfonamides is 1. The van der Waals surface area contributed by atoms with E-state index in [-0.39, 0.29) is 17.9 Å². The molecule has 11 heteroatoms. The molecule has 0 aliphatic carbocycles. The van der Waals surface area contributed by atoms with Crippen molar-refractivity contribution < 1.29 is 26.0 Å². The molecule has 138 valence electrons. The van der Waals surface area contributed by atoms with Crippen LogP contribution in [0.2, 0.25) is 0 Å². The van der Waals surface area contributed by atoms with Crippen LogP contribution in [0, 0.1) is 5.82 Å². The van der Waals surface area contributed by atoms with Gasteiger partial charge in [0.05, 0.1) is 12.3 Å². The van der Waals surface area contributed by atoms with Crippen LogP contribution >= 0.6 is 0 Å². The third-order valence-electron chi connectivity index (χ3n) is 3.51. The van der Waals surface area contributed by atoms with E-state index >= 15 is 0 Å². The minimum Gasteiger partial charge on any atom is -0.285 e. The van der Waals surface area contributed by atoms with Gasteiger partial charge in [-0.2, -0.15) is 13.2 Å². The summed E-state index contributed by atoms with van der Waals surface area (Å²) in [6.07, 6.45) is -3.30. The molecule has 0 amide bonds. The number of rotatable bonds is 5. The Morgan fingerprint density at radius 2 is 1.88 bits per heavy atom. The molecule has 1 N–H and O–H groups in total. The number of benzene rings is 1. The van der Waals surface area contributed by atoms with Crippen molar-refractivity contribution in [3.63, 3.8) is 0 Å². The molecule has 0 saturated heterocycles. The number of halogens is 4. The van der Waals surface area contributed by atoms with Crippen molar-refractivity contribution >= 4 is 15.7 Å². The Morgan fingerprint density at radius 3 is 2.58 bits per heavy atom. The van der Waals surface area contributed by atoms with Gasteiger partial charge in [-0.25, -0.2) is 17.5 Å². The maximum absolute atomic E-state index is 13.1. The minimum absolute atomic E-state index is 0.00563. The summed E-state index contributed by atoms with van der Waals surface area (Å²) in [5, 5.41) is 7.11. The average Bonchev–Trinajstić information content (AvgIpc) is 2.94. The first-order valence-corrected chi connectivity index (χ1v) is 8.92. The van der Waals surface area contributed by atoms with Crippen LogP contribution < -0.4 is 4.72 Å². The molecule has 2 aromatic heterocycles. The Bertz CT molecular complexity index is 1050. The van der Waals surface area contributed by atoms with Crippen molar-refractivity contribution in [1.82, 2.24) is 19.3 Å². The van der Waals surface area contributed by atoms with Crippen LogP contribution in [-0.2, 0) is 28.5 Å². The minimum atomic E-state index is -4.61. The van der Waals surface area contributed by atoms with Crippen LogP contribution in [-0.4, -0.2) is 23.0 Å². The van der Waals surface area contributed by atoms with Crippen molar-refractivity contribution in [3.8, 4) is 0 Å². The van der Waals surface area contributed by atoms with Gasteiger partial charge in [0.15, 0.2) is 11.5 Å². The van der Waals surface area contributed by atoms with E-state index in [9.17, 15) is 26.0 Å². The Morgan fingerprint density at radius 1 is 1.12 bits per heavy atom. The highest BCUT2D eigenvalue weighted by Crippen LogP contribution is 2.31. The zero-order valence-electron chi connectivity index (χ0n) is 13.0. The maximum Gasteiger partial charge on any atom is 0.420 e. The Hall–Kier alpha value is -2.53. The molecule has 3 aromatic rings. The highest BCUT2D eigenvalue weighted by molar-refractivity contribution is 7.88. The van der Waals surface area contributed by atoms with Gasteiger partial charge >= 0.3 is 6.18 Å². The second-order valence-electron chi connectivity index (χ2n) is 5.44. The van der Waals surface area contributed by atoms with Gasteiger partial charge < -0.3 is 0 Å². The number of aromatic nitrogens is 3. The predicted molar refractivity (Wildman–Crippen MR) is 83.9 cm³/mol. The average molecular weight is 388 g/mol. The van der Waals surface area contributed by atoms with Gasteiger partial charge in [-0.15, -0.1) is 10.2 Å². The number of alkyl halides is 3. The van der Waals surface area contributed by atoms with Crippen molar-refractivity contribution in [2.75, 3.05) is 0 Å². The van der Waals surface area contributed by atoms with Crippen LogP contribution in [0.15, 0.2) is 42.6 Å². The summed E-state index contributed by atoms with van der Waals surface area (Å²) < 4.78 is 79.5. The van der Waals surface area contributed by atoms with E-state index < -0.39 is 39.0 Å². The van der Waals surface area contributed by atoms with Crippen molar-refractivity contribution in [3.05, 3.63) is 65.4 Å². The van der Waals surface area contributed by atoms with Crippen LogP contribution in [0.5, 0.6) is 0 Å². The van der Waals surface area contributed by atoms with Crippen molar-refractivity contribution in [2.45, 2.75) is 18.5 Å². The molecule has 3 rings (SSSR count). The molecule has 0 radical (unpaired) electrons. The molecule has 0 atom stereocenters. The SMILES string of the molecule is O=S(=O)(Cc1cccc(F)c1)NCc1nnc2c(C(F)(F)F)cccn12. The summed E-state index contributed by atoms with van der Waals surface area (Å²) in [4.78, 5) is 0. The van der Waals surface area contributed by atoms with E-state index in [1.807, 2.05) is 0 Å². The van der Waals surface area contributed by atoms with E-state index in [2.05, 4.69) is 14.9 Å². The second kappa shape index (κ2) is 6.65. The molecule has 0 unspecified atom stereocenters. The maximum atomic E-state index is 13.1. The van der Waals surface area contributed by atoms with E-state index in [0.29, 0.717) is 0 Å². The fourth-order valence-electron chi connectivity index (χ4n) is 2.38. The van der Waals surface area contributed by atoms with Gasteiger partial charge in [-0.3, -0.25) is 4.40 Å². The highest BCUT2D eigenvalue weighted by atomic mass is 32.2. The fraction of sp³-hybridized carbons (Fsp3) is 0.200. The molecule has 6 nitrogen and oxygen atoms in total. The first-order chi connectivity index (χ1) is 12.2. The lowest BCUT2D eigenvalue weighted by molar-refractivity contribution is -0.136. The topological polar surface area (TPSA) is 76.4 Å². The van der Waals surface area contributed by atoms with E-state index in [4.69, 9.17) is 0 Å². The largest absolute Gasteiger partial charge is 0.420 e. The molecule has 26 heavy (non-hydrogen) atoms. The van der Waals surface area contributed by atoms with Gasteiger partial charge in [0.1, 0.15) is 11.4 Å². The summed E-state index contributed by atoms with van der Waals surface area (Å²) in [6, 6.07) is 7.13. The summed E-state index contributed by atoms with van der Waals surface area (Å²) in [5.41, 5.74) is -1.15. The van der Waals surface area contributed by atoms with Crippen LogP contribution in [0.1, 0.15) is 17.0 Å². The normalized spacial score (nSPS) is 12.6. The molecule has 0 bridgehead atoms. The molecule has 0 saturated carbocycles. The quantitative estimate of drug-likeness (QED) is 0.682. The lowest BCUT2D eigenvalue weighted by Gasteiger charge is -2.08. The van der Waals surface area contributed by atoms with Crippen molar-refractivity contribution in [1.29, 1.82) is 0 Å². The molecule has 1 aromatic carbocycles. The number of fused-ring (bicyclic) bond motifs is 1. The van der Waals surface area contributed by atoms with E-state index in [1.165, 1.54) is 30.5 Å². The summed E-state index contributed by atoms with van der Waals surface area (Å²) >= 11 is 0.